The number of anilines is 2. The zero-order valence-corrected chi connectivity index (χ0v) is 25.1. The molecule has 1 unspecified atom stereocenters. The molecule has 3 N–H and O–H groups in total. The van der Waals surface area contributed by atoms with Gasteiger partial charge in [0.15, 0.2) is 6.04 Å². The van der Waals surface area contributed by atoms with Crippen molar-refractivity contribution in [3.63, 3.8) is 0 Å². The number of unbranched alkanes of at least 4 members (excludes halogenated alkanes) is 1. The highest BCUT2D eigenvalue weighted by atomic mass is 16.4. The molecule has 0 amide bonds. The predicted octanol–water partition coefficient (Wildman–Crippen LogP) is 3.64. The van der Waals surface area contributed by atoms with Gasteiger partial charge in [-0.05, 0) is 75.8 Å². The van der Waals surface area contributed by atoms with E-state index in [-0.39, 0.29) is 5.56 Å². The van der Waals surface area contributed by atoms with Gasteiger partial charge in [0.2, 0.25) is 5.96 Å². The number of nitrogens with zero attached hydrogens (tertiary/aromatic N) is 5. The Labute approximate surface area is 242 Å². The smallest absolute Gasteiger partial charge is 0.329 e. The Bertz CT molecular complexity index is 1320. The van der Waals surface area contributed by atoms with Gasteiger partial charge < -0.3 is 15.3 Å². The maximum atomic E-state index is 12.7. The summed E-state index contributed by atoms with van der Waals surface area (Å²) < 4.78 is 1.25. The van der Waals surface area contributed by atoms with E-state index in [4.69, 9.17) is 0 Å². The summed E-state index contributed by atoms with van der Waals surface area (Å²) in [6.07, 6.45) is 3.60. The van der Waals surface area contributed by atoms with Gasteiger partial charge in [0.05, 0.1) is 0 Å². The summed E-state index contributed by atoms with van der Waals surface area (Å²) in [6.45, 7) is 14.4. The minimum absolute atomic E-state index is 0.322. The highest BCUT2D eigenvalue weighted by Crippen LogP contribution is 2.18. The number of hydrogen-bond donors (Lipinski definition) is 3. The number of rotatable bonds is 9. The molecule has 1 atom stereocenters. The molecule has 2 aliphatic heterocycles. The lowest BCUT2D eigenvalue weighted by Gasteiger charge is -2.35. The molecule has 0 radical (unpaired) electrons. The largest absolute Gasteiger partial charge is 0.480 e. The lowest BCUT2D eigenvalue weighted by molar-refractivity contribution is -0.138. The molecular formula is C30H45N7O4. The second-order valence-corrected chi connectivity index (χ2v) is 10.3. The van der Waals surface area contributed by atoms with Crippen molar-refractivity contribution in [2.24, 2.45) is 9.98 Å². The number of carbonyl (C=O) groups is 1. The predicted molar refractivity (Wildman–Crippen MR) is 165 cm³/mol. The number of carboxylic acids is 1. The molecule has 1 aromatic carbocycles. The minimum atomic E-state index is -0.906. The Morgan fingerprint density at radius 1 is 1.07 bits per heavy atom. The van der Waals surface area contributed by atoms with Crippen molar-refractivity contribution in [1.82, 2.24) is 19.4 Å². The highest BCUT2D eigenvalue weighted by molar-refractivity contribution is 5.98. The zero-order valence-electron chi connectivity index (χ0n) is 25.1. The van der Waals surface area contributed by atoms with Crippen LogP contribution in [0.4, 0.5) is 11.5 Å². The summed E-state index contributed by atoms with van der Waals surface area (Å²) in [6, 6.07) is 6.68. The van der Waals surface area contributed by atoms with Crippen LogP contribution in [0, 0.1) is 6.92 Å². The molecule has 4 rings (SSSR count). The molecule has 41 heavy (non-hydrogen) atoms. The van der Waals surface area contributed by atoms with Crippen LogP contribution in [0.5, 0.6) is 0 Å². The number of carboxylic acid groups (broad SMARTS) is 1. The fourth-order valence-electron chi connectivity index (χ4n) is 5.00. The Morgan fingerprint density at radius 3 is 2.44 bits per heavy atom. The van der Waals surface area contributed by atoms with Crippen LogP contribution >= 0.6 is 0 Å². The number of nitrogens with one attached hydrogen (secondary N) is 2. The number of H-pyrrole nitrogens is 1. The molecule has 224 valence electrons. The third kappa shape index (κ3) is 8.88. The third-order valence-electron chi connectivity index (χ3n) is 7.42. The highest BCUT2D eigenvalue weighted by Gasteiger charge is 2.25. The lowest BCUT2D eigenvalue weighted by atomic mass is 10.1. The number of guanidine groups is 1. The van der Waals surface area contributed by atoms with Gasteiger partial charge in [-0.15, -0.1) is 0 Å². The third-order valence-corrected chi connectivity index (χ3v) is 7.42. The topological polar surface area (TPSA) is 135 Å². The van der Waals surface area contributed by atoms with E-state index in [1.54, 1.807) is 0 Å². The number of aromatic nitrogens is 2. The van der Waals surface area contributed by atoms with Crippen molar-refractivity contribution in [2.75, 3.05) is 38.0 Å². The minimum Gasteiger partial charge on any atom is -0.480 e. The summed E-state index contributed by atoms with van der Waals surface area (Å²) >= 11 is 0. The quantitative estimate of drug-likeness (QED) is 0.394. The van der Waals surface area contributed by atoms with Crippen LogP contribution in [0.15, 0.2) is 43.8 Å². The van der Waals surface area contributed by atoms with Gasteiger partial charge in [-0.2, -0.15) is 0 Å². The standard InChI is InChI=1S/C28H39N7O4.C2H6/c1-4-21-17-22(9-7-19(21)2)30-24-18-25(36)35(28(39)32-24)12-6-5-11-33-13-15-34(16-14-33)27-29-20(3)8-10-23(31-27)26(37)38;1-2/h7,9,17-18,23,30H,4-6,8,10-16H2,1-3H3,(H,32,39)(H,37,38);1-2H3. The average Bonchev–Trinajstić information content (AvgIpc) is 3.16. The van der Waals surface area contributed by atoms with Crippen LogP contribution < -0.4 is 16.6 Å². The van der Waals surface area contributed by atoms with Crippen molar-refractivity contribution in [1.29, 1.82) is 0 Å². The Kier molecular flexibility index (Phi) is 11.9. The van der Waals surface area contributed by atoms with Crippen LogP contribution in [-0.4, -0.2) is 80.9 Å². The maximum absolute atomic E-state index is 12.7. The Balaban J connectivity index is 0.00000226. The maximum Gasteiger partial charge on any atom is 0.329 e. The van der Waals surface area contributed by atoms with E-state index in [9.17, 15) is 19.5 Å². The first kappa shape index (κ1) is 31.8. The molecule has 1 aromatic heterocycles. The second kappa shape index (κ2) is 15.3. The van der Waals surface area contributed by atoms with Crippen LogP contribution in [0.25, 0.3) is 0 Å². The zero-order chi connectivity index (χ0) is 29.9. The first-order valence-corrected chi connectivity index (χ1v) is 14.8. The number of hydrogen-bond acceptors (Lipinski definition) is 8. The molecule has 0 bridgehead atoms. The summed E-state index contributed by atoms with van der Waals surface area (Å²) in [7, 11) is 0. The lowest BCUT2D eigenvalue weighted by Crippen LogP contribution is -2.48. The fourth-order valence-corrected chi connectivity index (χ4v) is 5.00. The molecule has 1 saturated heterocycles. The molecule has 0 aliphatic carbocycles. The van der Waals surface area contributed by atoms with Gasteiger partial charge in [-0.25, -0.2) is 19.6 Å². The first-order valence-electron chi connectivity index (χ1n) is 14.8. The molecule has 0 spiro atoms. The number of piperazine rings is 1. The normalized spacial score (nSPS) is 17.6. The molecule has 2 aliphatic rings. The number of aliphatic imine (C=N–C) groups is 2. The van der Waals surface area contributed by atoms with E-state index in [0.29, 0.717) is 37.6 Å². The van der Waals surface area contributed by atoms with Gasteiger partial charge in [-0.3, -0.25) is 19.2 Å². The Morgan fingerprint density at radius 2 is 1.78 bits per heavy atom. The molecule has 3 heterocycles. The molecule has 1 fully saturated rings. The van der Waals surface area contributed by atoms with Crippen molar-refractivity contribution >= 4 is 29.1 Å². The fraction of sp³-hybridized carbons (Fsp3) is 0.567. The van der Waals surface area contributed by atoms with Crippen LogP contribution in [0.3, 0.4) is 0 Å². The van der Waals surface area contributed by atoms with Gasteiger partial charge >= 0.3 is 11.7 Å². The van der Waals surface area contributed by atoms with Crippen molar-refractivity contribution in [2.45, 2.75) is 79.3 Å². The second-order valence-electron chi connectivity index (χ2n) is 10.3. The molecule has 11 nitrogen and oxygen atoms in total. The van der Waals surface area contributed by atoms with E-state index < -0.39 is 17.7 Å². The van der Waals surface area contributed by atoms with Gasteiger partial charge in [0.1, 0.15) is 5.82 Å². The van der Waals surface area contributed by atoms with Crippen molar-refractivity contribution < 1.29 is 9.90 Å². The average molecular weight is 568 g/mol. The first-order chi connectivity index (χ1) is 19.7. The van der Waals surface area contributed by atoms with E-state index >= 15 is 0 Å². The number of aliphatic carboxylic acids is 1. The summed E-state index contributed by atoms with van der Waals surface area (Å²) in [5, 5.41) is 12.6. The van der Waals surface area contributed by atoms with Crippen molar-refractivity contribution in [3.05, 3.63) is 56.2 Å². The van der Waals surface area contributed by atoms with Crippen LogP contribution in [0.2, 0.25) is 0 Å². The Hall–Kier alpha value is -3.73. The number of aromatic amines is 1. The van der Waals surface area contributed by atoms with Gasteiger partial charge in [0.25, 0.3) is 5.56 Å². The van der Waals surface area contributed by atoms with Gasteiger partial charge in [0, 0.05) is 50.2 Å². The molecule has 2 aromatic rings. The summed E-state index contributed by atoms with van der Waals surface area (Å²) in [5.41, 5.74) is 3.43. The van der Waals surface area contributed by atoms with Gasteiger partial charge in [-0.1, -0.05) is 26.8 Å². The number of aryl methyl sites for hydroxylation is 2. The van der Waals surface area contributed by atoms with E-state index in [1.807, 2.05) is 39.0 Å². The van der Waals surface area contributed by atoms with Crippen LogP contribution in [0.1, 0.15) is 64.5 Å². The van der Waals surface area contributed by atoms with E-state index in [1.165, 1.54) is 21.8 Å². The number of benzene rings is 1. The van der Waals surface area contributed by atoms with Crippen molar-refractivity contribution in [3.8, 4) is 0 Å². The molecule has 0 saturated carbocycles. The van der Waals surface area contributed by atoms with E-state index in [0.717, 1.165) is 57.0 Å². The molecule has 11 heteroatoms. The monoisotopic (exact) mass is 567 g/mol. The van der Waals surface area contributed by atoms with E-state index in [2.05, 4.69) is 43.9 Å². The van der Waals surface area contributed by atoms with Crippen LogP contribution in [-0.2, 0) is 17.8 Å². The summed E-state index contributed by atoms with van der Waals surface area (Å²) in [5.74, 6) is 0.0102. The summed E-state index contributed by atoms with van der Waals surface area (Å²) in [4.78, 5) is 52.9. The molecular weight excluding hydrogens is 522 g/mol. The SMILES string of the molecule is CC.CCc1cc(Nc2cc(=O)n(CCCCN3CCN(C4=NC(C(=O)O)CCC(C)=N4)CC3)c(=O)[nH]2)ccc1C.